The summed E-state index contributed by atoms with van der Waals surface area (Å²) >= 11 is 0. The lowest BCUT2D eigenvalue weighted by Gasteiger charge is -2.16. The molecular weight excluding hydrogens is 294 g/mol. The second kappa shape index (κ2) is 8.46. The van der Waals surface area contributed by atoms with Crippen LogP contribution in [0.4, 0.5) is 0 Å². The SMILES string of the molecule is COc1ccc(C(=O)NCCC2=CCCCC2)c(OC)c1OC. The largest absolute Gasteiger partial charge is 0.493 e. The number of methoxy groups -OCH3 is 3. The van der Waals surface area contributed by atoms with Crippen LogP contribution in [0.1, 0.15) is 42.5 Å². The topological polar surface area (TPSA) is 56.8 Å². The summed E-state index contributed by atoms with van der Waals surface area (Å²) in [5, 5.41) is 2.95. The molecule has 0 saturated carbocycles. The van der Waals surface area contributed by atoms with Crippen molar-refractivity contribution in [2.24, 2.45) is 0 Å². The molecule has 0 fully saturated rings. The third-order valence-electron chi connectivity index (χ3n) is 4.07. The molecule has 5 heteroatoms. The Kier molecular flexibility index (Phi) is 6.32. The molecule has 0 unspecified atom stereocenters. The van der Waals surface area contributed by atoms with Crippen LogP contribution in [-0.4, -0.2) is 33.8 Å². The molecule has 0 heterocycles. The van der Waals surface area contributed by atoms with Gasteiger partial charge in [-0.25, -0.2) is 0 Å². The molecule has 0 aliphatic heterocycles. The molecule has 1 N–H and O–H groups in total. The Morgan fingerprint density at radius 3 is 2.48 bits per heavy atom. The van der Waals surface area contributed by atoms with Gasteiger partial charge in [-0.15, -0.1) is 0 Å². The number of amides is 1. The highest BCUT2D eigenvalue weighted by atomic mass is 16.5. The summed E-state index contributed by atoms with van der Waals surface area (Å²) < 4.78 is 15.9. The van der Waals surface area contributed by atoms with Gasteiger partial charge < -0.3 is 19.5 Å². The third-order valence-corrected chi connectivity index (χ3v) is 4.07. The Labute approximate surface area is 137 Å². The van der Waals surface area contributed by atoms with E-state index in [4.69, 9.17) is 14.2 Å². The second-order valence-electron chi connectivity index (χ2n) is 5.50. The molecule has 0 atom stereocenters. The van der Waals surface area contributed by atoms with Crippen molar-refractivity contribution < 1.29 is 19.0 Å². The van der Waals surface area contributed by atoms with Crippen LogP contribution in [0.3, 0.4) is 0 Å². The van der Waals surface area contributed by atoms with Crippen molar-refractivity contribution in [1.29, 1.82) is 0 Å². The lowest BCUT2D eigenvalue weighted by Crippen LogP contribution is -2.25. The average molecular weight is 319 g/mol. The van der Waals surface area contributed by atoms with E-state index in [1.54, 1.807) is 19.2 Å². The van der Waals surface area contributed by atoms with E-state index in [9.17, 15) is 4.79 Å². The predicted molar refractivity (Wildman–Crippen MR) is 89.6 cm³/mol. The normalized spacial score (nSPS) is 14.0. The minimum absolute atomic E-state index is 0.167. The van der Waals surface area contributed by atoms with Gasteiger partial charge in [0.25, 0.3) is 5.91 Å². The van der Waals surface area contributed by atoms with Gasteiger partial charge in [0.2, 0.25) is 5.75 Å². The van der Waals surface area contributed by atoms with Crippen LogP contribution in [0.2, 0.25) is 0 Å². The van der Waals surface area contributed by atoms with Crippen LogP contribution >= 0.6 is 0 Å². The van der Waals surface area contributed by atoms with Crippen molar-refractivity contribution in [3.63, 3.8) is 0 Å². The van der Waals surface area contributed by atoms with E-state index < -0.39 is 0 Å². The molecule has 126 valence electrons. The van der Waals surface area contributed by atoms with Crippen LogP contribution in [0.15, 0.2) is 23.8 Å². The number of allylic oxidation sites excluding steroid dienone is 1. The third kappa shape index (κ3) is 4.18. The standard InChI is InChI=1S/C18H25NO4/c1-21-15-10-9-14(16(22-2)17(15)23-3)18(20)19-12-11-13-7-5-4-6-8-13/h7,9-10H,4-6,8,11-12H2,1-3H3,(H,19,20). The highest BCUT2D eigenvalue weighted by Crippen LogP contribution is 2.39. The summed E-state index contributed by atoms with van der Waals surface area (Å²) in [7, 11) is 4.59. The van der Waals surface area contributed by atoms with Crippen molar-refractivity contribution in [3.8, 4) is 17.2 Å². The molecule has 1 aromatic carbocycles. The molecular formula is C18H25NO4. The number of hydrogen-bond acceptors (Lipinski definition) is 4. The molecule has 0 bridgehead atoms. The minimum Gasteiger partial charge on any atom is -0.493 e. The average Bonchev–Trinajstić information content (AvgIpc) is 2.60. The Morgan fingerprint density at radius 1 is 1.09 bits per heavy atom. The van der Waals surface area contributed by atoms with E-state index in [-0.39, 0.29) is 5.91 Å². The first kappa shape index (κ1) is 17.2. The quantitative estimate of drug-likeness (QED) is 0.783. The lowest BCUT2D eigenvalue weighted by atomic mass is 9.97. The minimum atomic E-state index is -0.167. The first-order chi connectivity index (χ1) is 11.2. The molecule has 1 aliphatic carbocycles. The number of rotatable bonds is 7. The maximum atomic E-state index is 12.4. The van der Waals surface area contributed by atoms with Crippen molar-refractivity contribution in [2.75, 3.05) is 27.9 Å². The smallest absolute Gasteiger partial charge is 0.255 e. The monoisotopic (exact) mass is 319 g/mol. The highest BCUT2D eigenvalue weighted by Gasteiger charge is 2.20. The van der Waals surface area contributed by atoms with Gasteiger partial charge in [-0.05, 0) is 44.2 Å². The van der Waals surface area contributed by atoms with Gasteiger partial charge in [0.15, 0.2) is 11.5 Å². The van der Waals surface area contributed by atoms with E-state index in [1.165, 1.54) is 32.6 Å². The van der Waals surface area contributed by atoms with E-state index in [0.717, 1.165) is 19.3 Å². The maximum absolute atomic E-state index is 12.4. The molecule has 1 aliphatic rings. The molecule has 2 rings (SSSR count). The summed E-state index contributed by atoms with van der Waals surface area (Å²) in [5.41, 5.74) is 1.89. The number of ether oxygens (including phenoxy) is 3. The van der Waals surface area contributed by atoms with Crippen LogP contribution in [0.5, 0.6) is 17.2 Å². The zero-order valence-electron chi connectivity index (χ0n) is 14.1. The maximum Gasteiger partial charge on any atom is 0.255 e. The predicted octanol–water partition coefficient (Wildman–Crippen LogP) is 3.33. The molecule has 0 spiro atoms. The molecule has 0 saturated heterocycles. The van der Waals surface area contributed by atoms with Crippen LogP contribution in [0.25, 0.3) is 0 Å². The fourth-order valence-electron chi connectivity index (χ4n) is 2.84. The molecule has 1 amide bonds. The summed E-state index contributed by atoms with van der Waals surface area (Å²) in [6, 6.07) is 3.40. The Bertz CT molecular complexity index is 581. The molecule has 0 aromatic heterocycles. The van der Waals surface area contributed by atoms with E-state index in [0.29, 0.717) is 29.4 Å². The number of carbonyl (C=O) groups excluding carboxylic acids is 1. The first-order valence-electron chi connectivity index (χ1n) is 7.96. The summed E-state index contributed by atoms with van der Waals surface area (Å²) in [4.78, 5) is 12.4. The number of benzene rings is 1. The van der Waals surface area contributed by atoms with Crippen LogP contribution in [0, 0.1) is 0 Å². The molecule has 1 aromatic rings. The molecule has 23 heavy (non-hydrogen) atoms. The van der Waals surface area contributed by atoms with E-state index >= 15 is 0 Å². The summed E-state index contributed by atoms with van der Waals surface area (Å²) in [5.74, 6) is 1.19. The van der Waals surface area contributed by atoms with Crippen molar-refractivity contribution in [3.05, 3.63) is 29.3 Å². The van der Waals surface area contributed by atoms with Crippen molar-refractivity contribution >= 4 is 5.91 Å². The Morgan fingerprint density at radius 2 is 1.87 bits per heavy atom. The zero-order valence-corrected chi connectivity index (χ0v) is 14.1. The van der Waals surface area contributed by atoms with E-state index in [1.807, 2.05) is 0 Å². The lowest BCUT2D eigenvalue weighted by molar-refractivity contribution is 0.0950. The Hall–Kier alpha value is -2.17. The fraction of sp³-hybridized carbons (Fsp3) is 0.500. The second-order valence-corrected chi connectivity index (χ2v) is 5.50. The van der Waals surface area contributed by atoms with E-state index in [2.05, 4.69) is 11.4 Å². The summed E-state index contributed by atoms with van der Waals surface area (Å²) in [6.45, 7) is 0.627. The van der Waals surface area contributed by atoms with Crippen LogP contribution < -0.4 is 19.5 Å². The molecule has 0 radical (unpaired) electrons. The number of carbonyl (C=O) groups is 1. The van der Waals surface area contributed by atoms with Gasteiger partial charge in [0, 0.05) is 6.54 Å². The van der Waals surface area contributed by atoms with Gasteiger partial charge in [-0.1, -0.05) is 11.6 Å². The fourth-order valence-corrected chi connectivity index (χ4v) is 2.84. The number of hydrogen-bond donors (Lipinski definition) is 1. The summed E-state index contributed by atoms with van der Waals surface area (Å²) in [6.07, 6.45) is 8.04. The van der Waals surface area contributed by atoms with Gasteiger partial charge in [-0.2, -0.15) is 0 Å². The first-order valence-corrected chi connectivity index (χ1v) is 7.96. The highest BCUT2D eigenvalue weighted by molar-refractivity contribution is 5.98. The van der Waals surface area contributed by atoms with Crippen molar-refractivity contribution in [2.45, 2.75) is 32.1 Å². The van der Waals surface area contributed by atoms with Crippen LogP contribution in [-0.2, 0) is 0 Å². The van der Waals surface area contributed by atoms with Gasteiger partial charge in [0.1, 0.15) is 0 Å². The van der Waals surface area contributed by atoms with Crippen molar-refractivity contribution in [1.82, 2.24) is 5.32 Å². The van der Waals surface area contributed by atoms with Gasteiger partial charge >= 0.3 is 0 Å². The number of nitrogens with one attached hydrogen (secondary N) is 1. The van der Waals surface area contributed by atoms with Gasteiger partial charge in [0.05, 0.1) is 26.9 Å². The zero-order chi connectivity index (χ0) is 16.7. The Balaban J connectivity index is 2.05. The van der Waals surface area contributed by atoms with Gasteiger partial charge in [-0.3, -0.25) is 4.79 Å². The molecule has 5 nitrogen and oxygen atoms in total.